The van der Waals surface area contributed by atoms with Gasteiger partial charge in [-0.15, -0.1) is 11.3 Å². The van der Waals surface area contributed by atoms with Crippen molar-refractivity contribution >= 4 is 17.2 Å². The predicted octanol–water partition coefficient (Wildman–Crippen LogP) is 5.39. The maximum atomic E-state index is 13.3. The van der Waals surface area contributed by atoms with Crippen LogP contribution in [0, 0.1) is 5.82 Å². The summed E-state index contributed by atoms with van der Waals surface area (Å²) in [4.78, 5) is 18.7. The van der Waals surface area contributed by atoms with Gasteiger partial charge in [0.2, 0.25) is 0 Å². The third-order valence-corrected chi connectivity index (χ3v) is 5.31. The van der Waals surface area contributed by atoms with Crippen molar-refractivity contribution in [1.29, 1.82) is 0 Å². The first-order chi connectivity index (χ1) is 14.6. The standard InChI is InChI=1S/C23H19FN2O3S/c1-26(13-20-9-4-10-28-20)23(27)21-15-30-22(25-21)17-6-3-8-19(12-17)29-14-16-5-2-7-18(24)11-16/h2-12,15H,13-14H2,1H3. The highest BCUT2D eigenvalue weighted by atomic mass is 32.1. The SMILES string of the molecule is CN(Cc1ccco1)C(=O)c1csc(-c2cccc(OCc3cccc(F)c3)c2)n1. The number of hydrogen-bond acceptors (Lipinski definition) is 5. The highest BCUT2D eigenvalue weighted by molar-refractivity contribution is 7.13. The van der Waals surface area contributed by atoms with Crippen LogP contribution in [0.2, 0.25) is 0 Å². The third kappa shape index (κ3) is 4.75. The second-order valence-electron chi connectivity index (χ2n) is 6.72. The average Bonchev–Trinajstić information content (AvgIpc) is 3.44. The summed E-state index contributed by atoms with van der Waals surface area (Å²) in [5.41, 5.74) is 1.99. The minimum atomic E-state index is -0.290. The van der Waals surface area contributed by atoms with E-state index in [9.17, 15) is 9.18 Å². The first-order valence-corrected chi connectivity index (χ1v) is 10.2. The second kappa shape index (κ2) is 8.92. The summed E-state index contributed by atoms with van der Waals surface area (Å²) in [5, 5.41) is 2.47. The third-order valence-electron chi connectivity index (χ3n) is 4.42. The number of rotatable bonds is 7. The molecule has 0 fully saturated rings. The van der Waals surface area contributed by atoms with E-state index in [0.29, 0.717) is 23.7 Å². The molecular formula is C23H19FN2O3S. The lowest BCUT2D eigenvalue weighted by Gasteiger charge is -2.13. The Hall–Kier alpha value is -3.45. The van der Waals surface area contributed by atoms with E-state index in [1.54, 1.807) is 35.7 Å². The number of carbonyl (C=O) groups excluding carboxylic acids is 1. The van der Waals surface area contributed by atoms with Crippen LogP contribution < -0.4 is 4.74 Å². The van der Waals surface area contributed by atoms with Crippen LogP contribution in [0.5, 0.6) is 5.75 Å². The first-order valence-electron chi connectivity index (χ1n) is 9.29. The highest BCUT2D eigenvalue weighted by Gasteiger charge is 2.17. The number of thiazole rings is 1. The lowest BCUT2D eigenvalue weighted by Crippen LogP contribution is -2.26. The summed E-state index contributed by atoms with van der Waals surface area (Å²) in [7, 11) is 1.71. The first kappa shape index (κ1) is 19.8. The molecule has 0 saturated carbocycles. The maximum Gasteiger partial charge on any atom is 0.273 e. The Kier molecular flexibility index (Phi) is 5.90. The van der Waals surface area contributed by atoms with Gasteiger partial charge in [-0.2, -0.15) is 0 Å². The average molecular weight is 422 g/mol. The zero-order valence-corrected chi connectivity index (χ0v) is 17.1. The van der Waals surface area contributed by atoms with E-state index in [0.717, 1.165) is 16.1 Å². The van der Waals surface area contributed by atoms with Crippen LogP contribution in [0.1, 0.15) is 21.8 Å². The molecule has 0 unspecified atom stereocenters. The molecule has 4 rings (SSSR count). The van der Waals surface area contributed by atoms with Gasteiger partial charge in [0.1, 0.15) is 34.6 Å². The molecule has 5 nitrogen and oxygen atoms in total. The van der Waals surface area contributed by atoms with E-state index >= 15 is 0 Å². The molecule has 0 aliphatic heterocycles. The van der Waals surface area contributed by atoms with Crippen LogP contribution in [-0.4, -0.2) is 22.8 Å². The van der Waals surface area contributed by atoms with Crippen molar-refractivity contribution in [3.8, 4) is 16.3 Å². The monoisotopic (exact) mass is 422 g/mol. The number of carbonyl (C=O) groups is 1. The van der Waals surface area contributed by atoms with Gasteiger partial charge in [-0.25, -0.2) is 9.37 Å². The van der Waals surface area contributed by atoms with Gasteiger partial charge < -0.3 is 14.1 Å². The fourth-order valence-electron chi connectivity index (χ4n) is 2.92. The number of nitrogens with zero attached hydrogens (tertiary/aromatic N) is 2. The van der Waals surface area contributed by atoms with E-state index in [-0.39, 0.29) is 18.3 Å². The summed E-state index contributed by atoms with van der Waals surface area (Å²) in [6.45, 7) is 0.641. The molecule has 1 amide bonds. The Labute approximate surface area is 177 Å². The molecule has 2 aromatic heterocycles. The summed E-state index contributed by atoms with van der Waals surface area (Å²) >= 11 is 1.39. The normalized spacial score (nSPS) is 10.7. The van der Waals surface area contributed by atoms with Gasteiger partial charge in [-0.3, -0.25) is 4.79 Å². The second-order valence-corrected chi connectivity index (χ2v) is 7.58. The Balaban J connectivity index is 1.44. The van der Waals surface area contributed by atoms with Gasteiger partial charge >= 0.3 is 0 Å². The molecule has 0 aliphatic rings. The number of amides is 1. The molecule has 152 valence electrons. The van der Waals surface area contributed by atoms with Gasteiger partial charge in [-0.05, 0) is 42.0 Å². The van der Waals surface area contributed by atoms with E-state index < -0.39 is 0 Å². The zero-order valence-electron chi connectivity index (χ0n) is 16.2. The quantitative estimate of drug-likeness (QED) is 0.401. The summed E-state index contributed by atoms with van der Waals surface area (Å²) in [6.07, 6.45) is 1.58. The van der Waals surface area contributed by atoms with Crippen molar-refractivity contribution in [3.63, 3.8) is 0 Å². The molecule has 0 N–H and O–H groups in total. The van der Waals surface area contributed by atoms with E-state index in [1.807, 2.05) is 36.4 Å². The predicted molar refractivity (Wildman–Crippen MR) is 113 cm³/mol. The van der Waals surface area contributed by atoms with Crippen LogP contribution >= 0.6 is 11.3 Å². The molecule has 7 heteroatoms. The summed E-state index contributed by atoms with van der Waals surface area (Å²) in [5.74, 6) is 0.897. The van der Waals surface area contributed by atoms with E-state index in [2.05, 4.69) is 4.98 Å². The lowest BCUT2D eigenvalue weighted by molar-refractivity contribution is 0.0770. The van der Waals surface area contributed by atoms with Gasteiger partial charge in [0, 0.05) is 18.0 Å². The highest BCUT2D eigenvalue weighted by Crippen LogP contribution is 2.28. The van der Waals surface area contributed by atoms with Gasteiger partial charge in [-0.1, -0.05) is 24.3 Å². The Bertz CT molecular complexity index is 1140. The number of furan rings is 1. The Morgan fingerprint density at radius 1 is 1.17 bits per heavy atom. The molecule has 2 heterocycles. The molecule has 0 atom stereocenters. The number of aromatic nitrogens is 1. The lowest BCUT2D eigenvalue weighted by atomic mass is 10.2. The van der Waals surface area contributed by atoms with E-state index in [4.69, 9.17) is 9.15 Å². The molecule has 0 aliphatic carbocycles. The van der Waals surface area contributed by atoms with Crippen LogP contribution in [-0.2, 0) is 13.2 Å². The van der Waals surface area contributed by atoms with Crippen LogP contribution in [0.25, 0.3) is 10.6 Å². The van der Waals surface area contributed by atoms with Crippen molar-refractivity contribution in [2.45, 2.75) is 13.2 Å². The molecular weight excluding hydrogens is 403 g/mol. The van der Waals surface area contributed by atoms with Gasteiger partial charge in [0.05, 0.1) is 12.8 Å². The molecule has 0 radical (unpaired) electrons. The molecule has 2 aromatic carbocycles. The summed E-state index contributed by atoms with van der Waals surface area (Å²) < 4.78 is 24.4. The Morgan fingerprint density at radius 3 is 2.83 bits per heavy atom. The van der Waals surface area contributed by atoms with Crippen molar-refractivity contribution in [3.05, 3.63) is 95.1 Å². The van der Waals surface area contributed by atoms with Crippen molar-refractivity contribution in [2.75, 3.05) is 7.05 Å². The van der Waals surface area contributed by atoms with Crippen molar-refractivity contribution < 1.29 is 18.3 Å². The van der Waals surface area contributed by atoms with Crippen molar-refractivity contribution in [2.24, 2.45) is 0 Å². The van der Waals surface area contributed by atoms with Crippen LogP contribution in [0.3, 0.4) is 0 Å². The minimum absolute atomic E-state index is 0.174. The molecule has 0 bridgehead atoms. The molecule has 4 aromatic rings. The topological polar surface area (TPSA) is 55.6 Å². The largest absolute Gasteiger partial charge is 0.489 e. The number of benzene rings is 2. The molecule has 0 saturated heterocycles. The summed E-state index contributed by atoms with van der Waals surface area (Å²) in [6, 6.07) is 17.4. The zero-order chi connectivity index (χ0) is 20.9. The number of hydrogen-bond donors (Lipinski definition) is 0. The molecule has 0 spiro atoms. The van der Waals surface area contributed by atoms with E-state index in [1.165, 1.54) is 23.5 Å². The van der Waals surface area contributed by atoms with Gasteiger partial charge in [0.25, 0.3) is 5.91 Å². The van der Waals surface area contributed by atoms with Crippen molar-refractivity contribution in [1.82, 2.24) is 9.88 Å². The van der Waals surface area contributed by atoms with Crippen LogP contribution in [0.15, 0.2) is 76.7 Å². The van der Waals surface area contributed by atoms with Gasteiger partial charge in [0.15, 0.2) is 0 Å². The Morgan fingerprint density at radius 2 is 2.03 bits per heavy atom. The number of ether oxygens (including phenoxy) is 1. The minimum Gasteiger partial charge on any atom is -0.489 e. The number of halogens is 1. The maximum absolute atomic E-state index is 13.3. The molecule has 30 heavy (non-hydrogen) atoms. The fraction of sp³-hybridized carbons (Fsp3) is 0.130. The smallest absolute Gasteiger partial charge is 0.273 e. The van der Waals surface area contributed by atoms with Crippen LogP contribution in [0.4, 0.5) is 4.39 Å². The fourth-order valence-corrected chi connectivity index (χ4v) is 3.71.